The predicted molar refractivity (Wildman–Crippen MR) is 149 cm³/mol. The van der Waals surface area contributed by atoms with Crippen molar-refractivity contribution in [2.45, 2.75) is 105 Å². The maximum atomic E-state index is 3.99. The van der Waals surface area contributed by atoms with Crippen LogP contribution in [0.25, 0.3) is 0 Å². The molecular weight excluding hydrogens is 443 g/mol. The normalized spacial score (nSPS) is 16.1. The van der Waals surface area contributed by atoms with E-state index in [9.17, 15) is 0 Å². The zero-order valence-corrected chi connectivity index (χ0v) is 27.4. The van der Waals surface area contributed by atoms with Crippen LogP contribution in [0.3, 0.4) is 0 Å². The lowest BCUT2D eigenvalue weighted by atomic mass is 10.6. The van der Waals surface area contributed by atoms with Gasteiger partial charge >= 0.3 is 0 Å². The Morgan fingerprint density at radius 1 is 0.500 bits per heavy atom. The predicted octanol–water partition coefficient (Wildman–Crippen LogP) is 8.46. The smallest absolute Gasteiger partial charge is 0.116 e. The Bertz CT molecular complexity index is 460. The Morgan fingerprint density at radius 3 is 0.857 bits per heavy atom. The molecule has 0 spiro atoms. The molecule has 0 aliphatic heterocycles. The zero-order valence-electron chi connectivity index (χ0n) is 21.6. The fourth-order valence-corrected chi connectivity index (χ4v) is 36.5. The molecule has 0 radical (unpaired) electrons. The number of hydrogen-bond donors (Lipinski definition) is 0. The summed E-state index contributed by atoms with van der Waals surface area (Å²) in [6.45, 7) is 35.1. The minimum atomic E-state index is -1.38. The molecule has 2 atom stereocenters. The van der Waals surface area contributed by atoms with Crippen molar-refractivity contribution in [1.29, 1.82) is 0 Å². The Kier molecular flexibility index (Phi) is 11.7. The fourth-order valence-electron chi connectivity index (χ4n) is 4.41. The summed E-state index contributed by atoms with van der Waals surface area (Å²) in [7, 11) is -6.17. The Labute approximate surface area is 185 Å². The van der Waals surface area contributed by atoms with Gasteiger partial charge in [-0.1, -0.05) is 117 Å². The van der Waals surface area contributed by atoms with E-state index in [1.165, 1.54) is 25.2 Å². The second-order valence-corrected chi connectivity index (χ2v) is 37.1. The molecule has 0 aromatic carbocycles. The molecule has 0 aromatic rings. The zero-order chi connectivity index (χ0) is 22.6. The molecular formula is C20H50N2P2Si4. The van der Waals surface area contributed by atoms with Crippen LogP contribution in [-0.2, 0) is 0 Å². The number of hydrogen-bond acceptors (Lipinski definition) is 2. The standard InChI is InChI=1S/C20H50N2P2Si4/c1-15-17-23(21(25(3,4)5)26(6,7)8)19-20-24(18-16-2)22(27(9,10)11)28(12,13)14/h15-18H2,1-14H3. The van der Waals surface area contributed by atoms with Crippen molar-refractivity contribution < 1.29 is 0 Å². The van der Waals surface area contributed by atoms with Crippen LogP contribution in [0.1, 0.15) is 26.7 Å². The van der Waals surface area contributed by atoms with E-state index in [0.29, 0.717) is 0 Å². The molecule has 0 saturated carbocycles. The third-order valence-electron chi connectivity index (χ3n) is 4.20. The lowest BCUT2D eigenvalue weighted by Gasteiger charge is -2.48. The first-order valence-electron chi connectivity index (χ1n) is 11.0. The molecule has 166 valence electrons. The second-order valence-electron chi connectivity index (χ2n) is 11.8. The fraction of sp³-hybridized carbons (Fsp3) is 0.900. The Balaban J connectivity index is 6.22. The summed E-state index contributed by atoms with van der Waals surface area (Å²) in [5.41, 5.74) is 7.97. The first kappa shape index (κ1) is 29.2. The minimum Gasteiger partial charge on any atom is -0.315 e. The van der Waals surface area contributed by atoms with Gasteiger partial charge in [-0.3, -0.25) is 0 Å². The third kappa shape index (κ3) is 9.56. The molecule has 2 unspecified atom stereocenters. The van der Waals surface area contributed by atoms with Crippen LogP contribution in [0, 0.1) is 11.3 Å². The van der Waals surface area contributed by atoms with Gasteiger partial charge in [0, 0.05) is 16.1 Å². The molecule has 0 aliphatic rings. The molecule has 28 heavy (non-hydrogen) atoms. The van der Waals surface area contributed by atoms with Crippen molar-refractivity contribution in [1.82, 2.24) is 8.00 Å². The summed E-state index contributed by atoms with van der Waals surface area (Å²) in [5.74, 6) is 0. The van der Waals surface area contributed by atoms with Crippen molar-refractivity contribution in [2.24, 2.45) is 0 Å². The molecule has 0 bridgehead atoms. The van der Waals surface area contributed by atoms with E-state index in [1.807, 2.05) is 0 Å². The Morgan fingerprint density at radius 2 is 0.714 bits per heavy atom. The molecule has 0 saturated heterocycles. The van der Waals surface area contributed by atoms with Gasteiger partial charge in [-0.2, -0.15) is 0 Å². The van der Waals surface area contributed by atoms with Crippen LogP contribution in [-0.4, -0.2) is 53.3 Å². The highest BCUT2D eigenvalue weighted by atomic mass is 31.1. The molecule has 2 nitrogen and oxygen atoms in total. The van der Waals surface area contributed by atoms with Crippen LogP contribution in [0.2, 0.25) is 78.6 Å². The SMILES string of the molecule is CCCP(C#CP(CCC)N([Si](C)(C)C)[Si](C)(C)C)N([Si](C)(C)C)[Si](C)(C)C. The first-order valence-corrected chi connectivity index (χ1v) is 27.8. The highest BCUT2D eigenvalue weighted by Crippen LogP contribution is 2.51. The van der Waals surface area contributed by atoms with Crippen molar-refractivity contribution in [3.05, 3.63) is 0 Å². The second kappa shape index (κ2) is 11.2. The van der Waals surface area contributed by atoms with Gasteiger partial charge in [0.05, 0.1) is 0 Å². The molecule has 0 heterocycles. The third-order valence-corrected chi connectivity index (χ3v) is 31.1. The van der Waals surface area contributed by atoms with E-state index in [-0.39, 0.29) is 16.1 Å². The maximum Gasteiger partial charge on any atom is 0.116 e. The highest BCUT2D eigenvalue weighted by molar-refractivity contribution is 7.68. The summed E-state index contributed by atoms with van der Waals surface area (Å²) in [6, 6.07) is 0. The average molecular weight is 493 g/mol. The minimum absolute atomic E-state index is 0.324. The van der Waals surface area contributed by atoms with Gasteiger partial charge in [-0.05, 0) is 12.3 Å². The van der Waals surface area contributed by atoms with E-state index in [0.717, 1.165) is 0 Å². The molecule has 0 rings (SSSR count). The van der Waals surface area contributed by atoms with E-state index < -0.39 is 32.9 Å². The quantitative estimate of drug-likeness (QED) is 0.171. The van der Waals surface area contributed by atoms with Crippen LogP contribution < -0.4 is 0 Å². The van der Waals surface area contributed by atoms with Crippen LogP contribution in [0.15, 0.2) is 0 Å². The number of nitrogens with zero attached hydrogens (tertiary/aromatic N) is 2. The lowest BCUT2D eigenvalue weighted by molar-refractivity contribution is 0.950. The van der Waals surface area contributed by atoms with Crippen molar-refractivity contribution in [3.63, 3.8) is 0 Å². The van der Waals surface area contributed by atoms with E-state index in [4.69, 9.17) is 0 Å². The highest BCUT2D eigenvalue weighted by Gasteiger charge is 2.40. The summed E-state index contributed by atoms with van der Waals surface area (Å²) in [5, 5.41) is 0. The van der Waals surface area contributed by atoms with E-state index in [2.05, 4.69) is 112 Å². The monoisotopic (exact) mass is 492 g/mol. The van der Waals surface area contributed by atoms with Gasteiger partial charge in [-0.15, -0.1) is 0 Å². The van der Waals surface area contributed by atoms with Gasteiger partial charge in [0.2, 0.25) is 0 Å². The van der Waals surface area contributed by atoms with Gasteiger partial charge in [-0.25, -0.2) is 0 Å². The summed E-state index contributed by atoms with van der Waals surface area (Å²) >= 11 is 0. The molecule has 0 amide bonds. The van der Waals surface area contributed by atoms with Gasteiger partial charge in [0.1, 0.15) is 32.9 Å². The lowest BCUT2D eigenvalue weighted by Crippen LogP contribution is -2.56. The number of rotatable bonds is 10. The average Bonchev–Trinajstić information content (AvgIpc) is 2.38. The first-order chi connectivity index (χ1) is 12.4. The van der Waals surface area contributed by atoms with Crippen LogP contribution in [0.4, 0.5) is 0 Å². The summed E-state index contributed by atoms with van der Waals surface area (Å²) in [6.07, 6.45) is 5.07. The molecule has 0 fully saturated rings. The topological polar surface area (TPSA) is 6.48 Å². The van der Waals surface area contributed by atoms with Gasteiger partial charge < -0.3 is 8.00 Å². The van der Waals surface area contributed by atoms with Crippen molar-refractivity contribution in [3.8, 4) is 11.3 Å². The molecule has 0 N–H and O–H groups in total. The van der Waals surface area contributed by atoms with Crippen molar-refractivity contribution in [2.75, 3.05) is 12.3 Å². The van der Waals surface area contributed by atoms with Gasteiger partial charge in [0.25, 0.3) is 0 Å². The Hall–Kier alpha value is 1.21. The molecule has 0 aromatic heterocycles. The van der Waals surface area contributed by atoms with Gasteiger partial charge in [0.15, 0.2) is 0 Å². The van der Waals surface area contributed by atoms with E-state index >= 15 is 0 Å². The van der Waals surface area contributed by atoms with Crippen molar-refractivity contribution >= 4 is 49.1 Å². The largest absolute Gasteiger partial charge is 0.315 e. The van der Waals surface area contributed by atoms with Crippen LogP contribution in [0.5, 0.6) is 0 Å². The molecule has 0 aliphatic carbocycles. The molecule has 8 heteroatoms. The van der Waals surface area contributed by atoms with Crippen LogP contribution >= 0.6 is 16.1 Å². The summed E-state index contributed by atoms with van der Waals surface area (Å²) < 4.78 is 6.00. The maximum absolute atomic E-state index is 3.99. The summed E-state index contributed by atoms with van der Waals surface area (Å²) in [4.78, 5) is 0. The van der Waals surface area contributed by atoms with E-state index in [1.54, 1.807) is 0 Å².